The second-order valence-corrected chi connectivity index (χ2v) is 6.08. The van der Waals surface area contributed by atoms with Gasteiger partial charge < -0.3 is 20.3 Å². The zero-order valence-electron chi connectivity index (χ0n) is 16.2. The van der Waals surface area contributed by atoms with Crippen LogP contribution in [0.3, 0.4) is 0 Å². The van der Waals surface area contributed by atoms with Gasteiger partial charge in [-0.05, 0) is 33.4 Å². The molecule has 0 fully saturated rings. The lowest BCUT2D eigenvalue weighted by molar-refractivity contribution is -0.0504. The summed E-state index contributed by atoms with van der Waals surface area (Å²) in [5.74, 6) is 0.808. The van der Waals surface area contributed by atoms with Gasteiger partial charge in [-0.15, -0.1) is 24.0 Å². The smallest absolute Gasteiger partial charge is 0.387 e. The molecule has 0 spiro atoms. The fourth-order valence-electron chi connectivity index (χ4n) is 2.34. The van der Waals surface area contributed by atoms with Crippen molar-refractivity contribution in [3.63, 3.8) is 0 Å². The van der Waals surface area contributed by atoms with Crippen LogP contribution in [-0.4, -0.2) is 50.7 Å². The molecule has 0 aliphatic rings. The average molecular weight is 484 g/mol. The molecule has 150 valence electrons. The molecule has 0 aliphatic carbocycles. The van der Waals surface area contributed by atoms with Crippen LogP contribution in [0.5, 0.6) is 5.75 Å². The Morgan fingerprint density at radius 3 is 2.58 bits per heavy atom. The van der Waals surface area contributed by atoms with E-state index in [1.165, 1.54) is 0 Å². The zero-order valence-corrected chi connectivity index (χ0v) is 18.5. The first-order valence-electron chi connectivity index (χ1n) is 8.56. The highest BCUT2D eigenvalue weighted by Crippen LogP contribution is 2.21. The van der Waals surface area contributed by atoms with Crippen LogP contribution in [-0.2, 0) is 6.54 Å². The lowest BCUT2D eigenvalue weighted by atomic mass is 10.1. The fraction of sp³-hybridized carbons (Fsp3) is 0.611. The Bertz CT molecular complexity index is 558. The SMILES string of the molecule is CCC(C)N(C)CCNC(=NC)NCc1cc(C)ccc1OC(F)F.I. The lowest BCUT2D eigenvalue weighted by Gasteiger charge is -2.24. The number of nitrogens with one attached hydrogen (secondary N) is 2. The molecule has 1 aromatic carbocycles. The second-order valence-electron chi connectivity index (χ2n) is 6.08. The van der Waals surface area contributed by atoms with Crippen molar-refractivity contribution in [1.29, 1.82) is 0 Å². The minimum atomic E-state index is -2.84. The van der Waals surface area contributed by atoms with Crippen LogP contribution in [0, 0.1) is 6.92 Å². The second kappa shape index (κ2) is 13.1. The van der Waals surface area contributed by atoms with E-state index >= 15 is 0 Å². The Morgan fingerprint density at radius 1 is 1.31 bits per heavy atom. The molecule has 0 aliphatic heterocycles. The van der Waals surface area contributed by atoms with Crippen LogP contribution in [0.4, 0.5) is 8.78 Å². The van der Waals surface area contributed by atoms with E-state index < -0.39 is 6.61 Å². The Kier molecular flexibility index (Phi) is 12.5. The van der Waals surface area contributed by atoms with Crippen LogP contribution < -0.4 is 15.4 Å². The molecule has 0 aromatic heterocycles. The summed E-state index contributed by atoms with van der Waals surface area (Å²) in [4.78, 5) is 6.44. The van der Waals surface area contributed by atoms with Crippen molar-refractivity contribution in [3.05, 3.63) is 29.3 Å². The summed E-state index contributed by atoms with van der Waals surface area (Å²) in [5, 5.41) is 6.37. The molecule has 0 saturated heterocycles. The summed E-state index contributed by atoms with van der Waals surface area (Å²) in [6.45, 7) is 5.41. The van der Waals surface area contributed by atoms with Gasteiger partial charge in [-0.1, -0.05) is 24.6 Å². The van der Waals surface area contributed by atoms with Gasteiger partial charge >= 0.3 is 6.61 Å². The quantitative estimate of drug-likeness (QED) is 0.320. The van der Waals surface area contributed by atoms with E-state index in [0.29, 0.717) is 24.1 Å². The molecule has 1 unspecified atom stereocenters. The van der Waals surface area contributed by atoms with Gasteiger partial charge in [0.25, 0.3) is 0 Å². The molecular formula is C18H31F2IN4O. The molecule has 1 rings (SSSR count). The molecule has 0 heterocycles. The van der Waals surface area contributed by atoms with E-state index in [-0.39, 0.29) is 29.7 Å². The summed E-state index contributed by atoms with van der Waals surface area (Å²) in [6.07, 6.45) is 1.10. The van der Waals surface area contributed by atoms with Gasteiger partial charge in [0, 0.05) is 38.3 Å². The predicted molar refractivity (Wildman–Crippen MR) is 114 cm³/mol. The van der Waals surface area contributed by atoms with Crippen molar-refractivity contribution in [2.75, 3.05) is 27.2 Å². The molecule has 0 radical (unpaired) electrons. The number of hydrogen-bond donors (Lipinski definition) is 2. The van der Waals surface area contributed by atoms with Crippen LogP contribution in [0.25, 0.3) is 0 Å². The molecule has 8 heteroatoms. The third-order valence-electron chi connectivity index (χ3n) is 4.20. The van der Waals surface area contributed by atoms with Crippen LogP contribution in [0.1, 0.15) is 31.4 Å². The maximum absolute atomic E-state index is 12.5. The maximum atomic E-state index is 12.5. The van der Waals surface area contributed by atoms with Crippen LogP contribution in [0.2, 0.25) is 0 Å². The number of hydrogen-bond acceptors (Lipinski definition) is 3. The molecule has 2 N–H and O–H groups in total. The number of benzene rings is 1. The van der Waals surface area contributed by atoms with E-state index in [9.17, 15) is 8.78 Å². The number of likely N-dealkylation sites (N-methyl/N-ethyl adjacent to an activating group) is 1. The summed E-state index contributed by atoms with van der Waals surface area (Å²) in [5.41, 5.74) is 1.65. The summed E-state index contributed by atoms with van der Waals surface area (Å²) in [7, 11) is 3.77. The molecule has 0 amide bonds. The highest BCUT2D eigenvalue weighted by molar-refractivity contribution is 14.0. The van der Waals surface area contributed by atoms with E-state index in [1.54, 1.807) is 19.2 Å². The average Bonchev–Trinajstić information content (AvgIpc) is 2.58. The molecule has 1 atom stereocenters. The molecule has 0 bridgehead atoms. The van der Waals surface area contributed by atoms with Crippen molar-refractivity contribution in [3.8, 4) is 5.75 Å². The van der Waals surface area contributed by atoms with Gasteiger partial charge in [-0.3, -0.25) is 4.99 Å². The molecule has 1 aromatic rings. The number of aliphatic imine (C=N–C) groups is 1. The van der Waals surface area contributed by atoms with Gasteiger partial charge in [-0.25, -0.2) is 0 Å². The standard InChI is InChI=1S/C18H30F2N4O.HI/c1-6-14(3)24(5)10-9-22-18(21-4)23-12-15-11-13(2)7-8-16(15)25-17(19)20;/h7-8,11,14,17H,6,9-10,12H2,1-5H3,(H2,21,22,23);1H. The van der Waals surface area contributed by atoms with Gasteiger partial charge in [0.2, 0.25) is 0 Å². The molecule has 5 nitrogen and oxygen atoms in total. The van der Waals surface area contributed by atoms with Crippen molar-refractivity contribution in [1.82, 2.24) is 15.5 Å². The first-order valence-corrected chi connectivity index (χ1v) is 8.56. The minimum absolute atomic E-state index is 0. The van der Waals surface area contributed by atoms with Gasteiger partial charge in [0.1, 0.15) is 5.75 Å². The minimum Gasteiger partial charge on any atom is -0.434 e. The first kappa shape index (κ1) is 24.8. The Balaban J connectivity index is 0.00000625. The number of rotatable bonds is 9. The molecule has 26 heavy (non-hydrogen) atoms. The first-order chi connectivity index (χ1) is 11.9. The highest BCUT2D eigenvalue weighted by Gasteiger charge is 2.11. The van der Waals surface area contributed by atoms with Crippen molar-refractivity contribution in [2.45, 2.75) is 46.4 Å². The van der Waals surface area contributed by atoms with E-state index in [1.807, 2.05) is 13.0 Å². The Morgan fingerprint density at radius 2 is 2.00 bits per heavy atom. The number of nitrogens with zero attached hydrogens (tertiary/aromatic N) is 2. The number of ether oxygens (including phenoxy) is 1. The third kappa shape index (κ3) is 8.98. The highest BCUT2D eigenvalue weighted by atomic mass is 127. The van der Waals surface area contributed by atoms with Gasteiger partial charge in [-0.2, -0.15) is 8.78 Å². The lowest BCUT2D eigenvalue weighted by Crippen LogP contribution is -2.42. The summed E-state index contributed by atoms with van der Waals surface area (Å²) < 4.78 is 29.6. The van der Waals surface area contributed by atoms with Crippen molar-refractivity contribution in [2.24, 2.45) is 4.99 Å². The third-order valence-corrected chi connectivity index (χ3v) is 4.20. The number of guanidine groups is 1. The number of halogens is 3. The van der Waals surface area contributed by atoms with E-state index in [0.717, 1.165) is 25.1 Å². The van der Waals surface area contributed by atoms with Crippen LogP contribution in [0.15, 0.2) is 23.2 Å². The summed E-state index contributed by atoms with van der Waals surface area (Å²) >= 11 is 0. The van der Waals surface area contributed by atoms with E-state index in [4.69, 9.17) is 0 Å². The normalized spacial score (nSPS) is 12.7. The Labute approximate surface area is 172 Å². The topological polar surface area (TPSA) is 48.9 Å². The van der Waals surface area contributed by atoms with Gasteiger partial charge in [0.05, 0.1) is 0 Å². The largest absolute Gasteiger partial charge is 0.434 e. The number of aryl methyl sites for hydroxylation is 1. The molecule has 0 saturated carbocycles. The fourth-order valence-corrected chi connectivity index (χ4v) is 2.34. The number of alkyl halides is 2. The monoisotopic (exact) mass is 484 g/mol. The van der Waals surface area contributed by atoms with Gasteiger partial charge in [0.15, 0.2) is 5.96 Å². The van der Waals surface area contributed by atoms with Crippen LogP contribution >= 0.6 is 24.0 Å². The van der Waals surface area contributed by atoms with Crippen molar-refractivity contribution >= 4 is 29.9 Å². The van der Waals surface area contributed by atoms with Crippen molar-refractivity contribution < 1.29 is 13.5 Å². The zero-order chi connectivity index (χ0) is 18.8. The molecular weight excluding hydrogens is 453 g/mol. The van der Waals surface area contributed by atoms with E-state index in [2.05, 4.69) is 46.2 Å². The maximum Gasteiger partial charge on any atom is 0.387 e. The summed E-state index contributed by atoms with van der Waals surface area (Å²) in [6, 6.07) is 5.67. The Hall–Kier alpha value is -1.16. The predicted octanol–water partition coefficient (Wildman–Crippen LogP) is 3.61.